The van der Waals surface area contributed by atoms with Gasteiger partial charge in [-0.05, 0) is 48.2 Å². The van der Waals surface area contributed by atoms with Crippen LogP contribution in [0.5, 0.6) is 5.75 Å². The van der Waals surface area contributed by atoms with Crippen molar-refractivity contribution in [3.8, 4) is 16.9 Å². The molecule has 122 valence electrons. The Hall–Kier alpha value is -2.14. The Morgan fingerprint density at radius 2 is 1.91 bits per heavy atom. The summed E-state index contributed by atoms with van der Waals surface area (Å²) in [6.45, 7) is 2.35. The predicted molar refractivity (Wildman–Crippen MR) is 91.8 cm³/mol. The number of sulfone groups is 1. The molecule has 0 heterocycles. The molecule has 0 atom stereocenters. The average molecular weight is 332 g/mol. The quantitative estimate of drug-likeness (QED) is 0.576. The second kappa shape index (κ2) is 7.42. The van der Waals surface area contributed by atoms with Gasteiger partial charge in [-0.15, -0.1) is 0 Å². The first-order valence-electron chi connectivity index (χ1n) is 7.36. The van der Waals surface area contributed by atoms with Crippen LogP contribution in [0.3, 0.4) is 0 Å². The Labute approximate surface area is 137 Å². The molecule has 2 aromatic carbocycles. The number of carbonyl (C=O) groups is 1. The maximum atomic E-state index is 11.1. The predicted octanol–water partition coefficient (Wildman–Crippen LogP) is 3.29. The van der Waals surface area contributed by atoms with E-state index in [1.54, 1.807) is 6.07 Å². The van der Waals surface area contributed by atoms with E-state index in [1.807, 2.05) is 43.3 Å². The molecule has 23 heavy (non-hydrogen) atoms. The van der Waals surface area contributed by atoms with Crippen LogP contribution in [0, 0.1) is 6.92 Å². The van der Waals surface area contributed by atoms with E-state index in [-0.39, 0.29) is 5.75 Å². The lowest BCUT2D eigenvalue weighted by atomic mass is 9.99. The van der Waals surface area contributed by atoms with Gasteiger partial charge in [-0.3, -0.25) is 4.79 Å². The van der Waals surface area contributed by atoms with Crippen molar-refractivity contribution >= 4 is 16.1 Å². The summed E-state index contributed by atoms with van der Waals surface area (Å²) < 4.78 is 27.7. The second-order valence-electron chi connectivity index (χ2n) is 5.55. The van der Waals surface area contributed by atoms with Crippen molar-refractivity contribution in [2.75, 3.05) is 18.6 Å². The summed E-state index contributed by atoms with van der Waals surface area (Å²) in [5.74, 6) is 0.842. The van der Waals surface area contributed by atoms with Crippen LogP contribution in [-0.4, -0.2) is 33.3 Å². The summed E-state index contributed by atoms with van der Waals surface area (Å²) in [4.78, 5) is 10.9. The molecule has 2 aromatic rings. The molecule has 0 unspecified atom stereocenters. The van der Waals surface area contributed by atoms with Gasteiger partial charge in [0.15, 0.2) is 0 Å². The number of hydrogen-bond donors (Lipinski definition) is 0. The van der Waals surface area contributed by atoms with Gasteiger partial charge in [-0.1, -0.05) is 24.3 Å². The highest BCUT2D eigenvalue weighted by Gasteiger charge is 2.06. The molecule has 2 rings (SSSR count). The Bertz CT molecular complexity index is 794. The molecule has 0 aliphatic carbocycles. The molecule has 0 amide bonds. The van der Waals surface area contributed by atoms with Crippen LogP contribution < -0.4 is 4.74 Å². The number of aldehydes is 1. The molecule has 0 saturated heterocycles. The molecule has 0 aromatic heterocycles. The van der Waals surface area contributed by atoms with Crippen molar-refractivity contribution in [2.45, 2.75) is 13.3 Å². The summed E-state index contributed by atoms with van der Waals surface area (Å²) >= 11 is 0. The number of carbonyl (C=O) groups excluding carboxylic acids is 1. The molecule has 0 bridgehead atoms. The van der Waals surface area contributed by atoms with Crippen LogP contribution in [0.15, 0.2) is 42.5 Å². The van der Waals surface area contributed by atoms with Gasteiger partial charge in [0.25, 0.3) is 0 Å². The SMILES string of the molecule is Cc1cc(OCCCS(C)(=O)=O)ccc1-c1cccc(C=O)c1. The van der Waals surface area contributed by atoms with Crippen molar-refractivity contribution in [2.24, 2.45) is 0 Å². The molecule has 0 spiro atoms. The van der Waals surface area contributed by atoms with Gasteiger partial charge in [-0.25, -0.2) is 8.42 Å². The minimum absolute atomic E-state index is 0.128. The zero-order chi connectivity index (χ0) is 16.9. The maximum absolute atomic E-state index is 11.1. The molecule has 0 aliphatic heterocycles. The fraction of sp³-hybridized carbons (Fsp3) is 0.278. The van der Waals surface area contributed by atoms with E-state index < -0.39 is 9.84 Å². The van der Waals surface area contributed by atoms with Gasteiger partial charge in [-0.2, -0.15) is 0 Å². The second-order valence-corrected chi connectivity index (χ2v) is 7.81. The number of rotatable bonds is 7. The van der Waals surface area contributed by atoms with E-state index in [0.29, 0.717) is 24.3 Å². The lowest BCUT2D eigenvalue weighted by Gasteiger charge is -2.11. The van der Waals surface area contributed by atoms with Gasteiger partial charge in [0.2, 0.25) is 0 Å². The van der Waals surface area contributed by atoms with E-state index in [9.17, 15) is 13.2 Å². The molecular weight excluding hydrogens is 312 g/mol. The van der Waals surface area contributed by atoms with Gasteiger partial charge in [0, 0.05) is 11.8 Å². The lowest BCUT2D eigenvalue weighted by molar-refractivity contribution is 0.112. The van der Waals surface area contributed by atoms with Gasteiger partial charge < -0.3 is 4.74 Å². The Morgan fingerprint density at radius 3 is 2.57 bits per heavy atom. The third-order valence-electron chi connectivity index (χ3n) is 3.46. The van der Waals surface area contributed by atoms with E-state index in [4.69, 9.17) is 4.74 Å². The zero-order valence-corrected chi connectivity index (χ0v) is 14.1. The Balaban J connectivity index is 2.07. The molecule has 0 aliphatic rings. The van der Waals surface area contributed by atoms with Crippen LogP contribution in [0.4, 0.5) is 0 Å². The number of benzene rings is 2. The maximum Gasteiger partial charge on any atom is 0.150 e. The molecule has 5 heteroatoms. The van der Waals surface area contributed by atoms with Crippen LogP contribution in [-0.2, 0) is 9.84 Å². The molecule has 0 saturated carbocycles. The largest absolute Gasteiger partial charge is 0.494 e. The van der Waals surface area contributed by atoms with E-state index in [2.05, 4.69) is 0 Å². The van der Waals surface area contributed by atoms with Crippen molar-refractivity contribution < 1.29 is 17.9 Å². The van der Waals surface area contributed by atoms with E-state index >= 15 is 0 Å². The first-order chi connectivity index (χ1) is 10.9. The number of ether oxygens (including phenoxy) is 1. The fourth-order valence-electron chi connectivity index (χ4n) is 2.34. The third kappa shape index (κ3) is 5.21. The summed E-state index contributed by atoms with van der Waals surface area (Å²) in [6, 6.07) is 13.2. The third-order valence-corrected chi connectivity index (χ3v) is 4.49. The van der Waals surface area contributed by atoms with Crippen LogP contribution in [0.1, 0.15) is 22.3 Å². The highest BCUT2D eigenvalue weighted by molar-refractivity contribution is 7.90. The van der Waals surface area contributed by atoms with Crippen molar-refractivity contribution in [3.63, 3.8) is 0 Å². The molecule has 0 fully saturated rings. The lowest BCUT2D eigenvalue weighted by Crippen LogP contribution is -2.08. The normalized spacial score (nSPS) is 11.2. The molecular formula is C18H20O4S. The van der Waals surface area contributed by atoms with E-state index in [0.717, 1.165) is 23.0 Å². The summed E-state index contributed by atoms with van der Waals surface area (Å²) in [7, 11) is -2.94. The monoisotopic (exact) mass is 332 g/mol. The topological polar surface area (TPSA) is 60.4 Å². The zero-order valence-electron chi connectivity index (χ0n) is 13.3. The van der Waals surface area contributed by atoms with Crippen molar-refractivity contribution in [3.05, 3.63) is 53.6 Å². The summed E-state index contributed by atoms with van der Waals surface area (Å²) in [6.07, 6.45) is 2.53. The van der Waals surface area contributed by atoms with Crippen molar-refractivity contribution in [1.82, 2.24) is 0 Å². The average Bonchev–Trinajstić information content (AvgIpc) is 2.51. The first-order valence-corrected chi connectivity index (χ1v) is 9.42. The molecule has 0 radical (unpaired) electrons. The van der Waals surface area contributed by atoms with Gasteiger partial charge in [0.05, 0.1) is 12.4 Å². The minimum atomic E-state index is -2.94. The van der Waals surface area contributed by atoms with Gasteiger partial charge >= 0.3 is 0 Å². The van der Waals surface area contributed by atoms with Crippen LogP contribution in [0.2, 0.25) is 0 Å². The standard InChI is InChI=1S/C18H20O4S/c1-14-11-17(22-9-4-10-23(2,20)21)7-8-18(14)16-6-3-5-15(12-16)13-19/h3,5-8,11-13H,4,9-10H2,1-2H3. The Morgan fingerprint density at radius 1 is 1.13 bits per heavy atom. The molecule has 0 N–H and O–H groups in total. The van der Waals surface area contributed by atoms with Gasteiger partial charge in [0.1, 0.15) is 21.9 Å². The minimum Gasteiger partial charge on any atom is -0.494 e. The fourth-order valence-corrected chi connectivity index (χ4v) is 2.98. The smallest absolute Gasteiger partial charge is 0.150 e. The van der Waals surface area contributed by atoms with Crippen LogP contribution >= 0.6 is 0 Å². The highest BCUT2D eigenvalue weighted by Crippen LogP contribution is 2.27. The summed E-state index contributed by atoms with van der Waals surface area (Å²) in [5, 5.41) is 0. The molecule has 4 nitrogen and oxygen atoms in total. The van der Waals surface area contributed by atoms with Crippen molar-refractivity contribution in [1.29, 1.82) is 0 Å². The Kier molecular flexibility index (Phi) is 5.55. The number of aryl methyl sites for hydroxylation is 1. The summed E-state index contributed by atoms with van der Waals surface area (Å²) in [5.41, 5.74) is 3.70. The first kappa shape index (κ1) is 17.2. The van der Waals surface area contributed by atoms with E-state index in [1.165, 1.54) is 6.26 Å². The van der Waals surface area contributed by atoms with Crippen LogP contribution in [0.25, 0.3) is 11.1 Å². The number of hydrogen-bond acceptors (Lipinski definition) is 4. The highest BCUT2D eigenvalue weighted by atomic mass is 32.2.